The van der Waals surface area contributed by atoms with Crippen molar-refractivity contribution in [3.05, 3.63) is 83.4 Å². The Morgan fingerprint density at radius 1 is 0.915 bits per heavy atom. The van der Waals surface area contributed by atoms with E-state index >= 15 is 0 Å². The van der Waals surface area contributed by atoms with Crippen molar-refractivity contribution in [1.29, 1.82) is 0 Å². The lowest BCUT2D eigenvalue weighted by Crippen LogP contribution is -2.44. The molecule has 1 aliphatic carbocycles. The highest BCUT2D eigenvalue weighted by Gasteiger charge is 2.34. The number of aromatic nitrogens is 1. The van der Waals surface area contributed by atoms with Gasteiger partial charge in [-0.05, 0) is 84.8 Å². The molecule has 11 heteroatoms. The molecule has 0 radical (unpaired) electrons. The van der Waals surface area contributed by atoms with E-state index in [0.29, 0.717) is 51.7 Å². The molecule has 1 saturated heterocycles. The lowest BCUT2D eigenvalue weighted by Gasteiger charge is -2.27. The number of fused-ring (bicyclic) bond motifs is 2. The summed E-state index contributed by atoms with van der Waals surface area (Å²) in [6, 6.07) is 18.1. The van der Waals surface area contributed by atoms with Gasteiger partial charge in [0.2, 0.25) is 6.79 Å². The van der Waals surface area contributed by atoms with Crippen LogP contribution in [0.1, 0.15) is 66.4 Å². The van der Waals surface area contributed by atoms with E-state index < -0.39 is 11.7 Å². The number of aliphatic imine (C=N–C) groups is 1. The summed E-state index contributed by atoms with van der Waals surface area (Å²) in [5.41, 5.74) is 9.39. The summed E-state index contributed by atoms with van der Waals surface area (Å²) in [6.07, 6.45) is 2.72. The number of pyridine rings is 1. The molecule has 0 spiro atoms. The van der Waals surface area contributed by atoms with Gasteiger partial charge in [0.1, 0.15) is 11.7 Å². The van der Waals surface area contributed by atoms with Gasteiger partial charge < -0.3 is 25.4 Å². The third-order valence-corrected chi connectivity index (χ3v) is 9.26. The molecule has 47 heavy (non-hydrogen) atoms. The molecule has 1 atom stereocenters. The highest BCUT2D eigenvalue weighted by molar-refractivity contribution is 6.09. The van der Waals surface area contributed by atoms with Gasteiger partial charge in [0.15, 0.2) is 11.5 Å². The van der Waals surface area contributed by atoms with Gasteiger partial charge in [-0.3, -0.25) is 9.79 Å². The van der Waals surface area contributed by atoms with Crippen molar-refractivity contribution < 1.29 is 27.4 Å². The van der Waals surface area contributed by atoms with E-state index in [1.54, 1.807) is 6.07 Å². The van der Waals surface area contributed by atoms with Crippen LogP contribution in [0.4, 0.5) is 19.0 Å². The minimum Gasteiger partial charge on any atom is -0.454 e. The van der Waals surface area contributed by atoms with Gasteiger partial charge in [0, 0.05) is 18.5 Å². The Morgan fingerprint density at radius 2 is 1.66 bits per heavy atom. The first-order valence-electron chi connectivity index (χ1n) is 16.1. The number of ether oxygens (including phenoxy) is 2. The van der Waals surface area contributed by atoms with Crippen molar-refractivity contribution >= 4 is 28.5 Å². The summed E-state index contributed by atoms with van der Waals surface area (Å²) in [4.78, 5) is 25.9. The van der Waals surface area contributed by atoms with Crippen LogP contribution in [0.2, 0.25) is 0 Å². The summed E-state index contributed by atoms with van der Waals surface area (Å²) in [7, 11) is 0. The Balaban J connectivity index is 1.22. The van der Waals surface area contributed by atoms with Gasteiger partial charge in [0.05, 0.1) is 28.7 Å². The Bertz CT molecular complexity index is 1820. The van der Waals surface area contributed by atoms with Crippen LogP contribution in [0.15, 0.2) is 71.7 Å². The van der Waals surface area contributed by atoms with Gasteiger partial charge in [0.25, 0.3) is 5.91 Å². The first-order valence-corrected chi connectivity index (χ1v) is 16.1. The molecule has 244 valence electrons. The smallest absolute Gasteiger partial charge is 0.416 e. The molecule has 0 unspecified atom stereocenters. The summed E-state index contributed by atoms with van der Waals surface area (Å²) < 4.78 is 50.3. The van der Waals surface area contributed by atoms with Crippen LogP contribution in [-0.4, -0.2) is 47.0 Å². The van der Waals surface area contributed by atoms with Crippen LogP contribution < -0.4 is 20.5 Å². The molecule has 2 aliphatic heterocycles. The Hall–Kier alpha value is -4.80. The minimum atomic E-state index is -4.40. The number of nitrogens with one attached hydrogen (secondary N) is 1. The quantitative estimate of drug-likeness (QED) is 0.159. The second-order valence-corrected chi connectivity index (χ2v) is 12.4. The number of likely N-dealkylation sites (tertiary alicyclic amines) is 1. The molecular weight excluding hydrogens is 607 g/mol. The Kier molecular flexibility index (Phi) is 8.38. The molecule has 1 amide bonds. The zero-order valence-electron chi connectivity index (χ0n) is 25.9. The number of halogens is 3. The number of amides is 1. The number of rotatable bonds is 7. The summed E-state index contributed by atoms with van der Waals surface area (Å²) >= 11 is 0. The lowest BCUT2D eigenvalue weighted by atomic mass is 9.96. The standard InChI is InChI=1S/C36H36F3N5O3/c37-36(38,39)25-12-8-22(9-13-25)20-41-33-19-28(35(45)44-16-4-7-30(44)34(40)42-26-5-2-1-3-6-26)27-17-23(10-14-29(27)43-33)24-11-15-31-32(18-24)47-21-46-31/h8-15,17-19,26,30H,1-7,16,20-21H2,(H2,40,42)(H,41,43)/t30-/m0/s1. The average Bonchev–Trinajstić information content (AvgIpc) is 3.77. The van der Waals surface area contributed by atoms with Crippen LogP contribution in [0.3, 0.4) is 0 Å². The minimum absolute atomic E-state index is 0.165. The Labute approximate surface area is 270 Å². The average molecular weight is 644 g/mol. The van der Waals surface area contributed by atoms with Gasteiger partial charge in [-0.1, -0.05) is 43.5 Å². The molecule has 0 bridgehead atoms. The van der Waals surface area contributed by atoms with Crippen LogP contribution in [0.5, 0.6) is 11.5 Å². The Morgan fingerprint density at radius 3 is 2.45 bits per heavy atom. The van der Waals surface area contributed by atoms with E-state index in [0.717, 1.165) is 61.8 Å². The van der Waals surface area contributed by atoms with Crippen LogP contribution >= 0.6 is 0 Å². The predicted octanol–water partition coefficient (Wildman–Crippen LogP) is 7.56. The number of carbonyl (C=O) groups excluding carboxylic acids is 1. The van der Waals surface area contributed by atoms with Crippen molar-refractivity contribution in [3.8, 4) is 22.6 Å². The zero-order valence-corrected chi connectivity index (χ0v) is 25.9. The third-order valence-electron chi connectivity index (χ3n) is 9.26. The highest BCUT2D eigenvalue weighted by Crippen LogP contribution is 2.37. The fraction of sp³-hybridized carbons (Fsp3) is 0.361. The predicted molar refractivity (Wildman–Crippen MR) is 175 cm³/mol. The molecule has 3 aromatic carbocycles. The van der Waals surface area contributed by atoms with E-state index in [4.69, 9.17) is 25.2 Å². The first-order chi connectivity index (χ1) is 22.7. The number of alkyl halides is 3. The molecule has 1 saturated carbocycles. The van der Waals surface area contributed by atoms with E-state index in [2.05, 4.69) is 5.32 Å². The maximum Gasteiger partial charge on any atom is 0.416 e. The van der Waals surface area contributed by atoms with Crippen molar-refractivity contribution in [2.75, 3.05) is 18.7 Å². The van der Waals surface area contributed by atoms with Gasteiger partial charge in [-0.15, -0.1) is 0 Å². The number of carbonyl (C=O) groups is 1. The second-order valence-electron chi connectivity index (χ2n) is 12.4. The first kappa shape index (κ1) is 30.8. The summed E-state index contributed by atoms with van der Waals surface area (Å²) in [5.74, 6) is 2.14. The number of amidine groups is 1. The number of nitrogens with two attached hydrogens (primary N) is 1. The fourth-order valence-electron chi connectivity index (χ4n) is 6.73. The maximum atomic E-state index is 14.4. The van der Waals surface area contributed by atoms with Crippen molar-refractivity contribution in [1.82, 2.24) is 9.88 Å². The molecule has 3 heterocycles. The number of hydrogen-bond acceptors (Lipinski definition) is 6. The van der Waals surface area contributed by atoms with E-state index in [1.807, 2.05) is 41.3 Å². The highest BCUT2D eigenvalue weighted by atomic mass is 19.4. The molecule has 2 fully saturated rings. The molecule has 4 aromatic rings. The molecule has 8 nitrogen and oxygen atoms in total. The number of benzene rings is 3. The van der Waals surface area contributed by atoms with E-state index in [-0.39, 0.29) is 31.3 Å². The number of anilines is 1. The fourth-order valence-corrected chi connectivity index (χ4v) is 6.73. The van der Waals surface area contributed by atoms with Crippen molar-refractivity contribution in [3.63, 3.8) is 0 Å². The SMILES string of the molecule is NC(=NC1CCCCC1)[C@@H]1CCCN1C(=O)c1cc(NCc2ccc(C(F)(F)F)cc2)nc2ccc(-c3ccc4c(c3)OCO4)cc12. The molecule has 7 rings (SSSR count). The lowest BCUT2D eigenvalue weighted by molar-refractivity contribution is -0.137. The van der Waals surface area contributed by atoms with Crippen LogP contribution in [0.25, 0.3) is 22.0 Å². The monoisotopic (exact) mass is 643 g/mol. The van der Waals surface area contributed by atoms with Crippen LogP contribution in [0, 0.1) is 0 Å². The normalized spacial score (nSPS) is 18.6. The molecular formula is C36H36F3N5O3. The molecule has 1 aromatic heterocycles. The number of hydrogen-bond donors (Lipinski definition) is 2. The summed E-state index contributed by atoms with van der Waals surface area (Å²) in [5, 5.41) is 3.90. The zero-order chi connectivity index (χ0) is 32.5. The molecule has 3 aliphatic rings. The van der Waals surface area contributed by atoms with Gasteiger partial charge >= 0.3 is 6.18 Å². The van der Waals surface area contributed by atoms with Crippen molar-refractivity contribution in [2.24, 2.45) is 10.7 Å². The van der Waals surface area contributed by atoms with E-state index in [9.17, 15) is 18.0 Å². The van der Waals surface area contributed by atoms with Crippen LogP contribution in [-0.2, 0) is 12.7 Å². The summed E-state index contributed by atoms with van der Waals surface area (Å²) in [6.45, 7) is 0.961. The van der Waals surface area contributed by atoms with Gasteiger partial charge in [-0.2, -0.15) is 13.2 Å². The maximum absolute atomic E-state index is 14.4. The third kappa shape index (κ3) is 6.57. The largest absolute Gasteiger partial charge is 0.454 e. The van der Waals surface area contributed by atoms with Crippen molar-refractivity contribution in [2.45, 2.75) is 69.8 Å². The second kappa shape index (κ2) is 12.8. The van der Waals surface area contributed by atoms with E-state index in [1.165, 1.54) is 18.6 Å². The molecule has 3 N–H and O–H groups in total. The van der Waals surface area contributed by atoms with Gasteiger partial charge in [-0.25, -0.2) is 4.98 Å². The number of nitrogens with zero attached hydrogens (tertiary/aromatic N) is 3. The topological polar surface area (TPSA) is 102 Å².